The van der Waals surface area contributed by atoms with Crippen LogP contribution in [0.5, 0.6) is 5.75 Å². The van der Waals surface area contributed by atoms with Crippen LogP contribution in [0.3, 0.4) is 0 Å². The molecule has 0 fully saturated rings. The average Bonchev–Trinajstić information content (AvgIpc) is 3.07. The number of nitrogens with zero attached hydrogens (tertiary/aromatic N) is 1. The first-order valence-corrected chi connectivity index (χ1v) is 6.99. The summed E-state index contributed by atoms with van der Waals surface area (Å²) >= 11 is 0. The van der Waals surface area contributed by atoms with Crippen molar-refractivity contribution >= 4 is 29.0 Å². The zero-order chi connectivity index (χ0) is 16.1. The zero-order valence-electron chi connectivity index (χ0n) is 12.1. The maximum absolute atomic E-state index is 12.1. The predicted molar refractivity (Wildman–Crippen MR) is 89.3 cm³/mol. The van der Waals surface area contributed by atoms with Gasteiger partial charge >= 0.3 is 0 Å². The highest BCUT2D eigenvalue weighted by atomic mass is 16.3. The first kappa shape index (κ1) is 14.6. The van der Waals surface area contributed by atoms with Crippen LogP contribution in [0, 0.1) is 0 Å². The molecule has 1 aromatic heterocycles. The molecule has 0 unspecified atom stereocenters. The van der Waals surface area contributed by atoms with Crippen molar-refractivity contribution in [2.75, 3.05) is 0 Å². The van der Waals surface area contributed by atoms with Crippen molar-refractivity contribution in [1.82, 2.24) is 5.43 Å². The van der Waals surface area contributed by atoms with Gasteiger partial charge in [-0.3, -0.25) is 4.79 Å². The number of aromatic hydroxyl groups is 1. The van der Waals surface area contributed by atoms with Gasteiger partial charge in [-0.15, -0.1) is 0 Å². The van der Waals surface area contributed by atoms with E-state index >= 15 is 0 Å². The highest BCUT2D eigenvalue weighted by molar-refractivity contribution is 6.01. The number of furan rings is 1. The highest BCUT2D eigenvalue weighted by Gasteiger charge is 2.11. The lowest BCUT2D eigenvalue weighted by atomic mass is 10.1. The van der Waals surface area contributed by atoms with Crippen molar-refractivity contribution < 1.29 is 14.3 Å². The Morgan fingerprint density at radius 2 is 1.91 bits per heavy atom. The second-order valence-electron chi connectivity index (χ2n) is 4.81. The largest absolute Gasteiger partial charge is 0.507 e. The molecule has 0 aliphatic heterocycles. The third kappa shape index (κ3) is 3.47. The van der Waals surface area contributed by atoms with Crippen LogP contribution in [0.4, 0.5) is 0 Å². The SMILES string of the molecule is O=C(NN=CC=Cc1ccco1)c1cc2ccccc2cc1O. The predicted octanol–water partition coefficient (Wildman–Crippen LogP) is 3.57. The smallest absolute Gasteiger partial charge is 0.275 e. The Morgan fingerprint density at radius 3 is 2.65 bits per heavy atom. The Hall–Kier alpha value is -3.34. The molecular weight excluding hydrogens is 292 g/mol. The Bertz CT molecular complexity index is 880. The second kappa shape index (κ2) is 6.62. The third-order valence-corrected chi connectivity index (χ3v) is 3.24. The van der Waals surface area contributed by atoms with Crippen molar-refractivity contribution in [2.45, 2.75) is 0 Å². The maximum atomic E-state index is 12.1. The number of carbonyl (C=O) groups excluding carboxylic acids is 1. The summed E-state index contributed by atoms with van der Waals surface area (Å²) in [5.74, 6) is 0.133. The van der Waals surface area contributed by atoms with Crippen molar-refractivity contribution in [3.05, 3.63) is 72.2 Å². The van der Waals surface area contributed by atoms with Crippen molar-refractivity contribution in [1.29, 1.82) is 0 Å². The molecule has 2 aromatic carbocycles. The van der Waals surface area contributed by atoms with Gasteiger partial charge in [-0.2, -0.15) is 5.10 Å². The molecule has 1 heterocycles. The fourth-order valence-electron chi connectivity index (χ4n) is 2.13. The maximum Gasteiger partial charge on any atom is 0.275 e. The summed E-state index contributed by atoms with van der Waals surface area (Å²) in [6, 6.07) is 14.3. The molecule has 0 saturated carbocycles. The number of phenols is 1. The van der Waals surface area contributed by atoms with Crippen LogP contribution < -0.4 is 5.43 Å². The summed E-state index contributed by atoms with van der Waals surface area (Å²) in [7, 11) is 0. The van der Waals surface area contributed by atoms with Gasteiger partial charge in [0.05, 0.1) is 11.8 Å². The minimum atomic E-state index is -0.476. The topological polar surface area (TPSA) is 74.8 Å². The van der Waals surface area contributed by atoms with Gasteiger partial charge in [0.25, 0.3) is 5.91 Å². The molecule has 0 atom stereocenters. The lowest BCUT2D eigenvalue weighted by molar-refractivity contribution is 0.0952. The van der Waals surface area contributed by atoms with E-state index in [1.807, 2.05) is 24.3 Å². The summed E-state index contributed by atoms with van der Waals surface area (Å²) in [5, 5.41) is 15.5. The molecule has 3 rings (SSSR count). The van der Waals surface area contributed by atoms with Gasteiger partial charge in [0.1, 0.15) is 11.5 Å². The Morgan fingerprint density at radius 1 is 1.13 bits per heavy atom. The van der Waals surface area contributed by atoms with Crippen LogP contribution in [0.2, 0.25) is 0 Å². The number of hydrogen-bond acceptors (Lipinski definition) is 4. The molecular formula is C18H14N2O3. The fraction of sp³-hybridized carbons (Fsp3) is 0. The Kier molecular flexibility index (Phi) is 4.20. The lowest BCUT2D eigenvalue weighted by Crippen LogP contribution is -2.17. The summed E-state index contributed by atoms with van der Waals surface area (Å²) in [6.07, 6.45) is 6.35. The van der Waals surface area contributed by atoms with Crippen LogP contribution in [-0.4, -0.2) is 17.2 Å². The quantitative estimate of drug-likeness (QED) is 0.571. The molecule has 0 saturated heterocycles. The standard InChI is InChI=1S/C18H14N2O3/c21-17-12-14-6-2-1-5-13(14)11-16(17)18(22)20-19-9-3-7-15-8-4-10-23-15/h1-12,21H,(H,20,22). The van der Waals surface area contributed by atoms with E-state index < -0.39 is 5.91 Å². The number of amides is 1. The Balaban J connectivity index is 1.69. The summed E-state index contributed by atoms with van der Waals surface area (Å²) < 4.78 is 5.12. The monoisotopic (exact) mass is 306 g/mol. The molecule has 23 heavy (non-hydrogen) atoms. The van der Waals surface area contributed by atoms with E-state index in [1.54, 1.807) is 42.7 Å². The van der Waals surface area contributed by atoms with Crippen LogP contribution in [0.25, 0.3) is 16.8 Å². The van der Waals surface area contributed by atoms with Crippen LogP contribution in [0.1, 0.15) is 16.1 Å². The average molecular weight is 306 g/mol. The van der Waals surface area contributed by atoms with Crippen LogP contribution >= 0.6 is 0 Å². The number of phenolic OH excluding ortho intramolecular Hbond substituents is 1. The minimum Gasteiger partial charge on any atom is -0.507 e. The first-order valence-electron chi connectivity index (χ1n) is 6.99. The summed E-state index contributed by atoms with van der Waals surface area (Å²) in [5.41, 5.74) is 2.55. The number of allylic oxidation sites excluding steroid dienone is 1. The zero-order valence-corrected chi connectivity index (χ0v) is 12.1. The number of benzene rings is 2. The molecule has 2 N–H and O–H groups in total. The number of nitrogens with one attached hydrogen (secondary N) is 1. The molecule has 114 valence electrons. The molecule has 1 amide bonds. The fourth-order valence-corrected chi connectivity index (χ4v) is 2.13. The minimum absolute atomic E-state index is 0.0810. The van der Waals surface area contributed by atoms with E-state index in [4.69, 9.17) is 4.42 Å². The molecule has 3 aromatic rings. The molecule has 0 aliphatic carbocycles. The van der Waals surface area contributed by atoms with Gasteiger partial charge < -0.3 is 9.52 Å². The van der Waals surface area contributed by atoms with Gasteiger partial charge in [-0.05, 0) is 47.2 Å². The molecule has 0 aliphatic rings. The van der Waals surface area contributed by atoms with Crippen LogP contribution in [0.15, 0.2) is 70.4 Å². The molecule has 0 bridgehead atoms. The van der Waals surface area contributed by atoms with E-state index in [1.165, 1.54) is 6.21 Å². The van der Waals surface area contributed by atoms with E-state index in [0.29, 0.717) is 5.76 Å². The normalized spacial score (nSPS) is 11.5. The molecule has 0 radical (unpaired) electrons. The van der Waals surface area contributed by atoms with E-state index in [2.05, 4.69) is 10.5 Å². The van der Waals surface area contributed by atoms with Gasteiger partial charge in [-0.25, -0.2) is 5.43 Å². The van der Waals surface area contributed by atoms with Crippen LogP contribution in [-0.2, 0) is 0 Å². The lowest BCUT2D eigenvalue weighted by Gasteiger charge is -2.05. The number of fused-ring (bicyclic) bond motifs is 1. The van der Waals surface area contributed by atoms with Gasteiger partial charge in [-0.1, -0.05) is 24.3 Å². The van der Waals surface area contributed by atoms with Crippen molar-refractivity contribution in [3.8, 4) is 5.75 Å². The number of carbonyl (C=O) groups is 1. The number of rotatable bonds is 4. The first-order chi connectivity index (χ1) is 11.2. The summed E-state index contributed by atoms with van der Waals surface area (Å²) in [4.78, 5) is 12.1. The molecule has 0 spiro atoms. The summed E-state index contributed by atoms with van der Waals surface area (Å²) in [6.45, 7) is 0. The van der Waals surface area contributed by atoms with Gasteiger partial charge in [0, 0.05) is 6.21 Å². The van der Waals surface area contributed by atoms with Gasteiger partial charge in [0.2, 0.25) is 0 Å². The number of hydrogen-bond donors (Lipinski definition) is 2. The number of hydrazone groups is 1. The second-order valence-corrected chi connectivity index (χ2v) is 4.81. The van der Waals surface area contributed by atoms with Gasteiger partial charge in [0.15, 0.2) is 0 Å². The highest BCUT2D eigenvalue weighted by Crippen LogP contribution is 2.24. The van der Waals surface area contributed by atoms with Crippen molar-refractivity contribution in [3.63, 3.8) is 0 Å². The van der Waals surface area contributed by atoms with E-state index in [0.717, 1.165) is 10.8 Å². The third-order valence-electron chi connectivity index (χ3n) is 3.24. The molecule has 5 nitrogen and oxygen atoms in total. The van der Waals surface area contributed by atoms with E-state index in [-0.39, 0.29) is 11.3 Å². The van der Waals surface area contributed by atoms with E-state index in [9.17, 15) is 9.90 Å². The van der Waals surface area contributed by atoms with Crippen molar-refractivity contribution in [2.24, 2.45) is 5.10 Å². The Labute approximate surface area is 132 Å². The molecule has 5 heteroatoms.